The van der Waals surface area contributed by atoms with Crippen molar-refractivity contribution in [3.05, 3.63) is 52.0 Å². The van der Waals surface area contributed by atoms with Gasteiger partial charge in [0, 0.05) is 27.1 Å². The monoisotopic (exact) mass is 319 g/mol. The lowest BCUT2D eigenvalue weighted by Crippen LogP contribution is -2.12. The number of carbonyl (C=O) groups excluding carboxylic acids is 1. The number of rotatable bonds is 2. The minimum absolute atomic E-state index is 0.239. The smallest absolute Gasteiger partial charge is 0.255 e. The van der Waals surface area contributed by atoms with E-state index in [1.807, 2.05) is 25.1 Å². The van der Waals surface area contributed by atoms with Crippen molar-refractivity contribution < 1.29 is 4.79 Å². The number of anilines is 3. The molecule has 0 aliphatic rings. The van der Waals surface area contributed by atoms with Gasteiger partial charge in [-0.3, -0.25) is 4.79 Å². The highest BCUT2D eigenvalue weighted by Gasteiger charge is 2.08. The highest BCUT2D eigenvalue weighted by atomic mass is 79.9. The fourth-order valence-corrected chi connectivity index (χ4v) is 2.43. The van der Waals surface area contributed by atoms with Gasteiger partial charge in [0.05, 0.1) is 0 Å². The Hall–Kier alpha value is -2.01. The van der Waals surface area contributed by atoms with Crippen LogP contribution in [-0.2, 0) is 0 Å². The fraction of sp³-hybridized carbons (Fsp3) is 0.0714. The number of benzene rings is 2. The van der Waals surface area contributed by atoms with Crippen molar-refractivity contribution in [1.29, 1.82) is 0 Å². The van der Waals surface area contributed by atoms with Crippen molar-refractivity contribution in [3.63, 3.8) is 0 Å². The van der Waals surface area contributed by atoms with Crippen LogP contribution in [0.2, 0.25) is 0 Å². The third-order valence-corrected chi connectivity index (χ3v) is 3.00. The van der Waals surface area contributed by atoms with E-state index in [1.165, 1.54) is 0 Å². The van der Waals surface area contributed by atoms with Crippen LogP contribution in [0.15, 0.2) is 40.9 Å². The molecule has 0 spiro atoms. The number of nitrogens with two attached hydrogens (primary N) is 2. The number of hydrogen-bond acceptors (Lipinski definition) is 3. The van der Waals surface area contributed by atoms with Crippen LogP contribution in [0.3, 0.4) is 0 Å². The molecule has 0 atom stereocenters. The Labute approximate surface area is 119 Å². The number of amides is 1. The molecule has 2 aromatic rings. The molecule has 4 nitrogen and oxygen atoms in total. The van der Waals surface area contributed by atoms with Crippen molar-refractivity contribution in [2.45, 2.75) is 6.92 Å². The highest BCUT2D eigenvalue weighted by Crippen LogP contribution is 2.20. The minimum atomic E-state index is -0.239. The summed E-state index contributed by atoms with van der Waals surface area (Å²) in [4.78, 5) is 12.1. The topological polar surface area (TPSA) is 81.1 Å². The zero-order valence-electron chi connectivity index (χ0n) is 10.4. The summed E-state index contributed by atoms with van der Waals surface area (Å²) in [5, 5.41) is 2.81. The summed E-state index contributed by atoms with van der Waals surface area (Å²) in [7, 11) is 0. The average Bonchev–Trinajstić information content (AvgIpc) is 2.25. The lowest BCUT2D eigenvalue weighted by molar-refractivity contribution is 0.102. The van der Waals surface area contributed by atoms with E-state index < -0.39 is 0 Å². The van der Waals surface area contributed by atoms with Gasteiger partial charge in [-0.05, 0) is 48.9 Å². The van der Waals surface area contributed by atoms with Crippen molar-refractivity contribution in [2.75, 3.05) is 16.8 Å². The Morgan fingerprint density at radius 2 is 1.68 bits per heavy atom. The summed E-state index contributed by atoms with van der Waals surface area (Å²) in [6.45, 7) is 1.96. The molecule has 2 aromatic carbocycles. The van der Waals surface area contributed by atoms with Crippen molar-refractivity contribution >= 4 is 38.9 Å². The van der Waals surface area contributed by atoms with Gasteiger partial charge in [0.25, 0.3) is 5.91 Å². The number of nitrogens with one attached hydrogen (secondary N) is 1. The van der Waals surface area contributed by atoms with E-state index >= 15 is 0 Å². The number of aryl methyl sites for hydroxylation is 1. The normalized spacial score (nSPS) is 10.2. The molecule has 0 saturated carbocycles. The molecule has 5 heteroatoms. The van der Waals surface area contributed by atoms with Crippen LogP contribution >= 0.6 is 15.9 Å². The van der Waals surface area contributed by atoms with Gasteiger partial charge in [-0.1, -0.05) is 15.9 Å². The summed E-state index contributed by atoms with van der Waals surface area (Å²) in [6, 6.07) is 10.5. The molecule has 5 N–H and O–H groups in total. The van der Waals surface area contributed by atoms with E-state index in [4.69, 9.17) is 11.5 Å². The van der Waals surface area contributed by atoms with Gasteiger partial charge in [-0.2, -0.15) is 0 Å². The predicted octanol–water partition coefficient (Wildman–Crippen LogP) is 3.17. The Morgan fingerprint density at radius 1 is 1.05 bits per heavy atom. The summed E-state index contributed by atoms with van der Waals surface area (Å²) in [6.07, 6.45) is 0. The number of nitrogen functional groups attached to an aromatic ring is 2. The molecule has 0 radical (unpaired) electrons. The second-order valence-corrected chi connectivity index (χ2v) is 5.28. The maximum Gasteiger partial charge on any atom is 0.255 e. The maximum atomic E-state index is 12.1. The van der Waals surface area contributed by atoms with Crippen LogP contribution in [-0.4, -0.2) is 5.91 Å². The molecule has 0 aliphatic heterocycles. The first-order valence-corrected chi connectivity index (χ1v) is 6.48. The van der Waals surface area contributed by atoms with Gasteiger partial charge >= 0.3 is 0 Å². The van der Waals surface area contributed by atoms with Gasteiger partial charge in [0.1, 0.15) is 0 Å². The minimum Gasteiger partial charge on any atom is -0.399 e. The first kappa shape index (κ1) is 13.4. The summed E-state index contributed by atoms with van der Waals surface area (Å²) in [5.74, 6) is -0.239. The Balaban J connectivity index is 2.25. The summed E-state index contributed by atoms with van der Waals surface area (Å²) in [5.41, 5.74) is 14.5. The average molecular weight is 320 g/mol. The van der Waals surface area contributed by atoms with Gasteiger partial charge in [0.2, 0.25) is 0 Å². The predicted molar refractivity (Wildman–Crippen MR) is 82.1 cm³/mol. The van der Waals surface area contributed by atoms with Crippen LogP contribution < -0.4 is 16.8 Å². The number of carbonyl (C=O) groups is 1. The lowest BCUT2D eigenvalue weighted by Gasteiger charge is -2.08. The zero-order chi connectivity index (χ0) is 14.0. The van der Waals surface area contributed by atoms with E-state index in [-0.39, 0.29) is 5.91 Å². The van der Waals surface area contributed by atoms with Crippen LogP contribution in [0.4, 0.5) is 17.1 Å². The summed E-state index contributed by atoms with van der Waals surface area (Å²) >= 11 is 3.39. The molecular weight excluding hydrogens is 306 g/mol. The molecule has 98 valence electrons. The lowest BCUT2D eigenvalue weighted by atomic mass is 10.1. The van der Waals surface area contributed by atoms with Crippen LogP contribution in [0, 0.1) is 6.92 Å². The second kappa shape index (κ2) is 5.32. The molecule has 0 heterocycles. The number of halogens is 1. The fourth-order valence-electron chi connectivity index (χ4n) is 1.82. The zero-order valence-corrected chi connectivity index (χ0v) is 12.0. The molecule has 0 aliphatic carbocycles. The van der Waals surface area contributed by atoms with Gasteiger partial charge in [0.15, 0.2) is 0 Å². The van der Waals surface area contributed by atoms with Crippen molar-refractivity contribution in [3.8, 4) is 0 Å². The Morgan fingerprint density at radius 3 is 2.26 bits per heavy atom. The SMILES string of the molecule is Cc1cc(Br)cc(NC(=O)c2cc(N)cc(N)c2)c1. The van der Waals surface area contributed by atoms with Crippen molar-refractivity contribution in [2.24, 2.45) is 0 Å². The van der Waals surface area contributed by atoms with Gasteiger partial charge < -0.3 is 16.8 Å². The highest BCUT2D eigenvalue weighted by molar-refractivity contribution is 9.10. The van der Waals surface area contributed by atoms with Crippen molar-refractivity contribution in [1.82, 2.24) is 0 Å². The first-order chi connectivity index (χ1) is 8.94. The van der Waals surface area contributed by atoms with E-state index in [0.29, 0.717) is 16.9 Å². The molecule has 0 fully saturated rings. The quantitative estimate of drug-likeness (QED) is 0.743. The van der Waals surface area contributed by atoms with E-state index in [0.717, 1.165) is 15.7 Å². The second-order valence-electron chi connectivity index (χ2n) is 4.36. The van der Waals surface area contributed by atoms with Gasteiger partial charge in [-0.15, -0.1) is 0 Å². The standard InChI is InChI=1S/C14H14BrN3O/c1-8-2-10(15)6-13(3-8)18-14(19)9-4-11(16)7-12(17)5-9/h2-7H,16-17H2,1H3,(H,18,19). The third-order valence-electron chi connectivity index (χ3n) is 2.54. The maximum absolute atomic E-state index is 12.1. The van der Waals surface area contributed by atoms with E-state index in [2.05, 4.69) is 21.2 Å². The van der Waals surface area contributed by atoms with E-state index in [1.54, 1.807) is 18.2 Å². The summed E-state index contributed by atoms with van der Waals surface area (Å²) < 4.78 is 0.912. The van der Waals surface area contributed by atoms with Crippen LogP contribution in [0.1, 0.15) is 15.9 Å². The van der Waals surface area contributed by atoms with Gasteiger partial charge in [-0.25, -0.2) is 0 Å². The molecule has 0 unspecified atom stereocenters. The third kappa shape index (κ3) is 3.48. The molecule has 2 rings (SSSR count). The molecule has 19 heavy (non-hydrogen) atoms. The first-order valence-electron chi connectivity index (χ1n) is 5.68. The van der Waals surface area contributed by atoms with Crippen LogP contribution in [0.25, 0.3) is 0 Å². The van der Waals surface area contributed by atoms with E-state index in [9.17, 15) is 4.79 Å². The largest absolute Gasteiger partial charge is 0.399 e. The molecule has 0 saturated heterocycles. The molecule has 0 bridgehead atoms. The number of hydrogen-bond donors (Lipinski definition) is 3. The Bertz CT molecular complexity index is 600. The molecule has 0 aromatic heterocycles. The van der Waals surface area contributed by atoms with Crippen LogP contribution in [0.5, 0.6) is 0 Å². The molecule has 1 amide bonds. The molecular formula is C14H14BrN3O. The Kier molecular flexibility index (Phi) is 3.76.